The number of aryl methyl sites for hydroxylation is 2. The lowest BCUT2D eigenvalue weighted by molar-refractivity contribution is 0.193. The van der Waals surface area contributed by atoms with Crippen LogP contribution in [-0.2, 0) is 5.41 Å². The number of hydrogen-bond donors (Lipinski definition) is 2. The number of aromatic amines is 1. The highest BCUT2D eigenvalue weighted by atomic mass is 32.1. The Morgan fingerprint density at radius 1 is 1.19 bits per heavy atom. The van der Waals surface area contributed by atoms with Crippen LogP contribution in [-0.4, -0.2) is 32.2 Å². The van der Waals surface area contributed by atoms with Gasteiger partial charge < -0.3 is 10.3 Å². The highest BCUT2D eigenvalue weighted by Crippen LogP contribution is 2.84. The normalized spacial score (nSPS) is 31.1. The van der Waals surface area contributed by atoms with Crippen molar-refractivity contribution in [2.24, 2.45) is 11.3 Å². The van der Waals surface area contributed by atoms with Gasteiger partial charge in [0.2, 0.25) is 0 Å². The number of nitrogens with one attached hydrogen (secondary N) is 2. The van der Waals surface area contributed by atoms with E-state index >= 15 is 0 Å². The Labute approximate surface area is 186 Å². The Bertz CT molecular complexity index is 1420. The molecule has 160 valence electrons. The number of fused-ring (bicyclic) bond motifs is 3. The standard InChI is InChI=1S/C25H29N5S/c1-11(2)18-19-14(5)21(25-7-17-24(25,6)16(25)8-26-17)31-23(19)29-20(18)15-9-30-22(27-10-28-30)13(4)12(15)3/h9-11,16-17,26,29H,7-8H2,1-6H3/t16-,17?,24-,25-/m0/s1. The van der Waals surface area contributed by atoms with Gasteiger partial charge in [-0.25, -0.2) is 9.50 Å². The molecule has 2 aliphatic carbocycles. The highest BCUT2D eigenvalue weighted by molar-refractivity contribution is 7.19. The van der Waals surface area contributed by atoms with Crippen LogP contribution >= 0.6 is 11.3 Å². The van der Waals surface area contributed by atoms with Gasteiger partial charge in [0, 0.05) is 33.5 Å². The molecule has 0 spiro atoms. The van der Waals surface area contributed by atoms with E-state index in [1.165, 1.54) is 56.7 Å². The highest BCUT2D eigenvalue weighted by Gasteiger charge is 2.87. The number of thiophene rings is 1. The summed E-state index contributed by atoms with van der Waals surface area (Å²) in [5, 5.41) is 9.64. The maximum atomic E-state index is 4.44. The Hall–Kier alpha value is -2.18. The second kappa shape index (κ2) is 5.41. The predicted octanol–water partition coefficient (Wildman–Crippen LogP) is 5.24. The van der Waals surface area contributed by atoms with E-state index in [1.807, 2.05) is 15.9 Å². The van der Waals surface area contributed by atoms with Crippen molar-refractivity contribution in [2.45, 2.75) is 65.3 Å². The first kappa shape index (κ1) is 18.4. The van der Waals surface area contributed by atoms with Crippen molar-refractivity contribution in [1.29, 1.82) is 0 Å². The van der Waals surface area contributed by atoms with Crippen LogP contribution in [0.15, 0.2) is 12.5 Å². The van der Waals surface area contributed by atoms with Crippen LogP contribution in [0, 0.1) is 32.1 Å². The first-order chi connectivity index (χ1) is 14.8. The minimum absolute atomic E-state index is 0.443. The minimum Gasteiger partial charge on any atom is -0.346 e. The monoisotopic (exact) mass is 431 g/mol. The minimum atomic E-state index is 0.443. The van der Waals surface area contributed by atoms with Crippen molar-refractivity contribution in [3.63, 3.8) is 0 Å². The number of piperidine rings is 2. The van der Waals surface area contributed by atoms with Crippen molar-refractivity contribution in [1.82, 2.24) is 24.9 Å². The van der Waals surface area contributed by atoms with Crippen LogP contribution in [0.2, 0.25) is 0 Å². The molecule has 2 saturated carbocycles. The largest absolute Gasteiger partial charge is 0.346 e. The predicted molar refractivity (Wildman–Crippen MR) is 126 cm³/mol. The van der Waals surface area contributed by atoms with Gasteiger partial charge in [0.1, 0.15) is 11.2 Å². The van der Waals surface area contributed by atoms with E-state index in [2.05, 4.69) is 68.1 Å². The molecule has 1 saturated heterocycles. The van der Waals surface area contributed by atoms with Gasteiger partial charge in [-0.15, -0.1) is 11.3 Å². The zero-order valence-electron chi connectivity index (χ0n) is 19.1. The fourth-order valence-electron chi connectivity index (χ4n) is 7.46. The molecule has 5 heterocycles. The lowest BCUT2D eigenvalue weighted by Gasteiger charge is -2.42. The van der Waals surface area contributed by atoms with Crippen molar-refractivity contribution in [3.05, 3.63) is 39.7 Å². The SMILES string of the molecule is Cc1c(-c2[nH]c3sc([C@]45CC6NC[C@H]4[C@@]65C)c(C)c3c2C(C)C)cn2ncnc2c1C. The second-order valence-electron chi connectivity index (χ2n) is 10.6. The molecule has 4 aromatic rings. The van der Waals surface area contributed by atoms with Crippen LogP contribution in [0.4, 0.5) is 0 Å². The third kappa shape index (κ3) is 1.82. The van der Waals surface area contributed by atoms with Crippen LogP contribution < -0.4 is 5.32 Å². The molecule has 31 heavy (non-hydrogen) atoms. The molecule has 4 aromatic heterocycles. The summed E-state index contributed by atoms with van der Waals surface area (Å²) in [6.07, 6.45) is 5.12. The van der Waals surface area contributed by atoms with Crippen LogP contribution in [0.5, 0.6) is 0 Å². The van der Waals surface area contributed by atoms with Gasteiger partial charge in [-0.05, 0) is 73.2 Å². The Morgan fingerprint density at radius 3 is 2.68 bits per heavy atom. The van der Waals surface area contributed by atoms with E-state index in [1.54, 1.807) is 11.2 Å². The van der Waals surface area contributed by atoms with E-state index in [0.29, 0.717) is 16.7 Å². The van der Waals surface area contributed by atoms with E-state index in [9.17, 15) is 0 Å². The average Bonchev–Trinajstić information content (AvgIpc) is 3.36. The van der Waals surface area contributed by atoms with E-state index < -0.39 is 0 Å². The maximum absolute atomic E-state index is 4.44. The molecule has 2 N–H and O–H groups in total. The summed E-state index contributed by atoms with van der Waals surface area (Å²) in [5.74, 6) is 1.27. The fraction of sp³-hybridized carbons (Fsp3) is 0.520. The smallest absolute Gasteiger partial charge is 0.158 e. The number of aromatic nitrogens is 4. The number of hydrogen-bond acceptors (Lipinski definition) is 4. The van der Waals surface area contributed by atoms with Crippen molar-refractivity contribution in [3.8, 4) is 11.3 Å². The quantitative estimate of drug-likeness (QED) is 0.467. The summed E-state index contributed by atoms with van der Waals surface area (Å²) in [5.41, 5.74) is 9.84. The van der Waals surface area contributed by atoms with Gasteiger partial charge in [-0.3, -0.25) is 0 Å². The molecule has 3 aliphatic rings. The van der Waals surface area contributed by atoms with Gasteiger partial charge in [0.25, 0.3) is 0 Å². The molecule has 1 unspecified atom stereocenters. The fourth-order valence-corrected chi connectivity index (χ4v) is 9.07. The molecule has 4 atom stereocenters. The summed E-state index contributed by atoms with van der Waals surface area (Å²) in [6, 6.07) is 0.734. The Balaban J connectivity index is 1.46. The van der Waals surface area contributed by atoms with Gasteiger partial charge in [0.05, 0.1) is 5.69 Å². The topological polar surface area (TPSA) is 58.0 Å². The van der Waals surface area contributed by atoms with Gasteiger partial charge in [-0.1, -0.05) is 20.8 Å². The number of rotatable bonds is 3. The van der Waals surface area contributed by atoms with Crippen LogP contribution in [0.1, 0.15) is 60.2 Å². The zero-order chi connectivity index (χ0) is 21.4. The maximum Gasteiger partial charge on any atom is 0.158 e. The molecule has 0 aromatic carbocycles. The lowest BCUT2D eigenvalue weighted by atomic mass is 9.68. The molecule has 3 fully saturated rings. The van der Waals surface area contributed by atoms with Crippen molar-refractivity contribution in [2.75, 3.05) is 6.54 Å². The Morgan fingerprint density at radius 2 is 2.00 bits per heavy atom. The summed E-state index contributed by atoms with van der Waals surface area (Å²) in [7, 11) is 0. The van der Waals surface area contributed by atoms with Gasteiger partial charge >= 0.3 is 0 Å². The molecular formula is C25H29N5S. The van der Waals surface area contributed by atoms with Gasteiger partial charge in [0.15, 0.2) is 5.65 Å². The molecule has 1 aliphatic heterocycles. The molecule has 6 heteroatoms. The number of nitrogens with zero attached hydrogens (tertiary/aromatic N) is 3. The lowest BCUT2D eigenvalue weighted by Crippen LogP contribution is -2.50. The summed E-state index contributed by atoms with van der Waals surface area (Å²) < 4.78 is 1.92. The molecule has 5 nitrogen and oxygen atoms in total. The second-order valence-corrected chi connectivity index (χ2v) is 11.6. The molecule has 0 amide bonds. The molecule has 0 radical (unpaired) electrons. The van der Waals surface area contributed by atoms with E-state index in [0.717, 1.165) is 17.6 Å². The van der Waals surface area contributed by atoms with E-state index in [-0.39, 0.29) is 0 Å². The number of pyridine rings is 1. The summed E-state index contributed by atoms with van der Waals surface area (Å²) in [6.45, 7) is 15.1. The van der Waals surface area contributed by atoms with E-state index in [4.69, 9.17) is 0 Å². The third-order valence-corrected chi connectivity index (χ3v) is 10.7. The molecule has 0 bridgehead atoms. The van der Waals surface area contributed by atoms with Crippen LogP contribution in [0.25, 0.3) is 27.1 Å². The third-order valence-electron chi connectivity index (χ3n) is 9.32. The van der Waals surface area contributed by atoms with Crippen molar-refractivity contribution < 1.29 is 0 Å². The first-order valence-electron chi connectivity index (χ1n) is 11.5. The van der Waals surface area contributed by atoms with Crippen molar-refractivity contribution >= 4 is 27.2 Å². The average molecular weight is 432 g/mol. The first-order valence-corrected chi connectivity index (χ1v) is 12.3. The summed E-state index contributed by atoms with van der Waals surface area (Å²) in [4.78, 5) is 11.3. The molecular weight excluding hydrogens is 402 g/mol. The Kier molecular flexibility index (Phi) is 3.21. The molecule has 7 rings (SSSR count). The van der Waals surface area contributed by atoms with Crippen LogP contribution in [0.3, 0.4) is 0 Å². The zero-order valence-corrected chi connectivity index (χ0v) is 19.9. The summed E-state index contributed by atoms with van der Waals surface area (Å²) >= 11 is 2.03. The number of H-pyrrole nitrogens is 1. The van der Waals surface area contributed by atoms with Gasteiger partial charge in [-0.2, -0.15) is 5.10 Å².